The molecule has 20 heavy (non-hydrogen) atoms. The first kappa shape index (κ1) is 13.0. The van der Waals surface area contributed by atoms with Crippen LogP contribution in [0.1, 0.15) is 17.7 Å². The third-order valence-electron chi connectivity index (χ3n) is 3.17. The van der Waals surface area contributed by atoms with Crippen LogP contribution in [-0.2, 0) is 16.4 Å². The summed E-state index contributed by atoms with van der Waals surface area (Å²) in [5.41, 5.74) is 2.64. The highest BCUT2D eigenvalue weighted by Crippen LogP contribution is 2.26. The molecule has 1 aromatic carbocycles. The van der Waals surface area contributed by atoms with Gasteiger partial charge in [0.25, 0.3) is 10.0 Å². The lowest BCUT2D eigenvalue weighted by Gasteiger charge is -2.18. The van der Waals surface area contributed by atoms with Gasteiger partial charge in [-0.2, -0.15) is 4.98 Å². The molecular weight excluding hydrogens is 278 g/mol. The molecular formula is C13H15N3O3S. The summed E-state index contributed by atoms with van der Waals surface area (Å²) in [7, 11) is -3.68. The molecule has 0 unspecified atom stereocenters. The van der Waals surface area contributed by atoms with Crippen molar-refractivity contribution >= 4 is 21.7 Å². The second-order valence-electron chi connectivity index (χ2n) is 4.75. The van der Waals surface area contributed by atoms with Crippen molar-refractivity contribution < 1.29 is 12.8 Å². The normalized spacial score (nSPS) is 14.4. The van der Waals surface area contributed by atoms with E-state index in [1.54, 1.807) is 19.1 Å². The van der Waals surface area contributed by atoms with Crippen LogP contribution in [0.2, 0.25) is 0 Å². The zero-order chi connectivity index (χ0) is 14.2. The summed E-state index contributed by atoms with van der Waals surface area (Å²) in [6.07, 6.45) is 3.42. The van der Waals surface area contributed by atoms with E-state index in [2.05, 4.69) is 15.0 Å². The van der Waals surface area contributed by atoms with Crippen molar-refractivity contribution in [3.63, 3.8) is 0 Å². The van der Waals surface area contributed by atoms with Gasteiger partial charge in [0.05, 0.1) is 10.6 Å². The first-order valence-corrected chi connectivity index (χ1v) is 7.85. The van der Waals surface area contributed by atoms with E-state index in [0.29, 0.717) is 5.69 Å². The van der Waals surface area contributed by atoms with Crippen LogP contribution in [-0.4, -0.2) is 19.9 Å². The number of rotatable bonds is 3. The van der Waals surface area contributed by atoms with E-state index in [-0.39, 0.29) is 10.9 Å². The lowest BCUT2D eigenvalue weighted by Crippen LogP contribution is -2.16. The molecule has 1 aromatic heterocycles. The maximum atomic E-state index is 12.3. The molecule has 0 saturated carbocycles. The lowest BCUT2D eigenvalue weighted by molar-refractivity contribution is 0.569. The van der Waals surface area contributed by atoms with Crippen LogP contribution < -0.4 is 10.0 Å². The summed E-state index contributed by atoms with van der Waals surface area (Å²) in [5.74, 6) is 0. The number of aryl methyl sites for hydroxylation is 2. The van der Waals surface area contributed by atoms with Crippen LogP contribution in [0, 0.1) is 6.92 Å². The van der Waals surface area contributed by atoms with Gasteiger partial charge in [-0.25, -0.2) is 13.1 Å². The van der Waals surface area contributed by atoms with E-state index < -0.39 is 10.0 Å². The van der Waals surface area contributed by atoms with Gasteiger partial charge in [-0.05, 0) is 37.5 Å². The average Bonchev–Trinajstić information content (AvgIpc) is 2.83. The second kappa shape index (κ2) is 4.82. The monoisotopic (exact) mass is 293 g/mol. The molecule has 6 nitrogen and oxygen atoms in total. The van der Waals surface area contributed by atoms with E-state index in [4.69, 9.17) is 4.42 Å². The van der Waals surface area contributed by atoms with Crippen LogP contribution in [0.3, 0.4) is 0 Å². The molecule has 2 aromatic rings. The predicted octanol–water partition coefficient (Wildman–Crippen LogP) is 2.14. The number of fused-ring (bicyclic) bond motifs is 1. The number of oxazole rings is 1. The summed E-state index contributed by atoms with van der Waals surface area (Å²) in [5, 5.41) is 3.21. The van der Waals surface area contributed by atoms with Crippen LogP contribution in [0.5, 0.6) is 0 Å². The highest BCUT2D eigenvalue weighted by molar-refractivity contribution is 7.92. The largest absolute Gasteiger partial charge is 0.431 e. The predicted molar refractivity (Wildman–Crippen MR) is 75.3 cm³/mol. The van der Waals surface area contributed by atoms with Gasteiger partial charge in [-0.1, -0.05) is 6.07 Å². The number of hydrogen-bond donors (Lipinski definition) is 2. The smallest absolute Gasteiger partial charge is 0.309 e. The summed E-state index contributed by atoms with van der Waals surface area (Å²) in [4.78, 5) is 4.13. The summed E-state index contributed by atoms with van der Waals surface area (Å²) >= 11 is 0. The van der Waals surface area contributed by atoms with Gasteiger partial charge >= 0.3 is 6.01 Å². The molecule has 0 aliphatic carbocycles. The van der Waals surface area contributed by atoms with Crippen molar-refractivity contribution in [3.05, 3.63) is 35.7 Å². The number of aromatic nitrogens is 1. The summed E-state index contributed by atoms with van der Waals surface area (Å²) < 4.78 is 31.9. The molecule has 106 valence electrons. The summed E-state index contributed by atoms with van der Waals surface area (Å²) in [6, 6.07) is 5.07. The Morgan fingerprint density at radius 3 is 3.00 bits per heavy atom. The third-order valence-corrected chi connectivity index (χ3v) is 4.49. The number of nitrogens with zero attached hydrogens (tertiary/aromatic N) is 1. The molecule has 7 heteroatoms. The van der Waals surface area contributed by atoms with Crippen molar-refractivity contribution in [2.24, 2.45) is 0 Å². The molecule has 0 atom stereocenters. The van der Waals surface area contributed by atoms with E-state index in [9.17, 15) is 8.42 Å². The number of nitrogens with one attached hydrogen (secondary N) is 2. The second-order valence-corrected chi connectivity index (χ2v) is 6.43. The first-order valence-electron chi connectivity index (χ1n) is 6.36. The van der Waals surface area contributed by atoms with Gasteiger partial charge in [-0.15, -0.1) is 0 Å². The van der Waals surface area contributed by atoms with E-state index >= 15 is 0 Å². The molecule has 0 saturated heterocycles. The van der Waals surface area contributed by atoms with Crippen LogP contribution >= 0.6 is 0 Å². The van der Waals surface area contributed by atoms with Crippen molar-refractivity contribution in [1.82, 2.24) is 4.98 Å². The molecule has 0 amide bonds. The van der Waals surface area contributed by atoms with Crippen LogP contribution in [0.25, 0.3) is 0 Å². The zero-order valence-electron chi connectivity index (χ0n) is 11.0. The van der Waals surface area contributed by atoms with Gasteiger partial charge in [0.1, 0.15) is 6.26 Å². The number of hydrogen-bond acceptors (Lipinski definition) is 5. The molecule has 0 fully saturated rings. The number of sulfonamides is 1. The van der Waals surface area contributed by atoms with Crippen LogP contribution in [0.4, 0.5) is 11.7 Å². The Morgan fingerprint density at radius 1 is 1.40 bits per heavy atom. The van der Waals surface area contributed by atoms with Crippen molar-refractivity contribution in [1.29, 1.82) is 0 Å². The van der Waals surface area contributed by atoms with Crippen molar-refractivity contribution in [3.8, 4) is 0 Å². The SMILES string of the molecule is Cc1coc(NS(=O)(=O)c2ccc3c(c2)NCCC3)n1. The number of anilines is 2. The Morgan fingerprint density at radius 2 is 2.25 bits per heavy atom. The lowest BCUT2D eigenvalue weighted by atomic mass is 10.0. The maximum absolute atomic E-state index is 12.3. The molecule has 2 N–H and O–H groups in total. The maximum Gasteiger partial charge on any atom is 0.309 e. The van der Waals surface area contributed by atoms with Crippen molar-refractivity contribution in [2.75, 3.05) is 16.6 Å². The highest BCUT2D eigenvalue weighted by atomic mass is 32.2. The molecule has 1 aliphatic rings. The minimum absolute atomic E-state index is 0.0202. The van der Waals surface area contributed by atoms with Gasteiger partial charge < -0.3 is 9.73 Å². The minimum atomic E-state index is -3.68. The quantitative estimate of drug-likeness (QED) is 0.905. The van der Waals surface area contributed by atoms with Crippen molar-refractivity contribution in [2.45, 2.75) is 24.7 Å². The Kier molecular flexibility index (Phi) is 3.13. The fourth-order valence-electron chi connectivity index (χ4n) is 2.18. The standard InChI is InChI=1S/C13H15N3O3S/c1-9-8-19-13(15-9)16-20(17,18)11-5-4-10-3-2-6-14-12(10)7-11/h4-5,7-8,14H,2-3,6H2,1H3,(H,15,16). The molecule has 1 aliphatic heterocycles. The van der Waals surface area contributed by atoms with Crippen LogP contribution in [0.15, 0.2) is 33.8 Å². The molecule has 0 radical (unpaired) electrons. The Bertz CT molecular complexity index is 737. The first-order chi connectivity index (χ1) is 9.54. The third kappa shape index (κ3) is 2.49. The van der Waals surface area contributed by atoms with E-state index in [0.717, 1.165) is 30.6 Å². The fourth-order valence-corrected chi connectivity index (χ4v) is 3.14. The Labute approximate surface area is 117 Å². The van der Waals surface area contributed by atoms with Gasteiger partial charge in [0.2, 0.25) is 0 Å². The Balaban J connectivity index is 1.91. The highest BCUT2D eigenvalue weighted by Gasteiger charge is 2.19. The van der Waals surface area contributed by atoms with Gasteiger partial charge in [0.15, 0.2) is 0 Å². The molecule has 2 heterocycles. The molecule has 3 rings (SSSR count). The van der Waals surface area contributed by atoms with Gasteiger partial charge in [-0.3, -0.25) is 0 Å². The minimum Gasteiger partial charge on any atom is -0.431 e. The Hall–Kier alpha value is -2.02. The molecule has 0 spiro atoms. The average molecular weight is 293 g/mol. The zero-order valence-corrected chi connectivity index (χ0v) is 11.8. The van der Waals surface area contributed by atoms with Gasteiger partial charge in [0, 0.05) is 12.2 Å². The topological polar surface area (TPSA) is 84.2 Å². The van der Waals surface area contributed by atoms with E-state index in [1.807, 2.05) is 6.07 Å². The fraction of sp³-hybridized carbons (Fsp3) is 0.308. The number of benzene rings is 1. The summed E-state index contributed by atoms with van der Waals surface area (Å²) in [6.45, 7) is 2.59. The molecule has 0 bridgehead atoms. The van der Waals surface area contributed by atoms with E-state index in [1.165, 1.54) is 6.26 Å².